The molecule has 0 saturated heterocycles. The van der Waals surface area contributed by atoms with Gasteiger partial charge in [0.15, 0.2) is 6.29 Å². The molecule has 0 aliphatic heterocycles. The van der Waals surface area contributed by atoms with Crippen molar-refractivity contribution in [3.63, 3.8) is 0 Å². The van der Waals surface area contributed by atoms with E-state index in [1.165, 1.54) is 0 Å². The third-order valence-corrected chi connectivity index (χ3v) is 2.92. The van der Waals surface area contributed by atoms with Crippen molar-refractivity contribution in [3.05, 3.63) is 0 Å². The molecule has 0 fully saturated rings. The topological polar surface area (TPSA) is 47.9 Å². The van der Waals surface area contributed by atoms with Gasteiger partial charge in [-0.3, -0.25) is 0 Å². The van der Waals surface area contributed by atoms with Gasteiger partial charge in [0.05, 0.1) is 5.60 Å². The number of hydrogen-bond donors (Lipinski definition) is 1. The van der Waals surface area contributed by atoms with Crippen LogP contribution in [0.15, 0.2) is 0 Å². The van der Waals surface area contributed by atoms with Gasteiger partial charge in [-0.15, -0.1) is 0 Å². The van der Waals surface area contributed by atoms with Crippen LogP contribution < -0.4 is 0 Å². The van der Waals surface area contributed by atoms with Crippen LogP contribution >= 0.6 is 0 Å². The van der Waals surface area contributed by atoms with Crippen LogP contribution in [0.1, 0.15) is 26.7 Å². The summed E-state index contributed by atoms with van der Waals surface area (Å²) in [6, 6.07) is 0. The first kappa shape index (κ1) is 14.8. The van der Waals surface area contributed by atoms with Crippen LogP contribution in [-0.4, -0.2) is 44.9 Å². The molecule has 0 aliphatic carbocycles. The van der Waals surface area contributed by atoms with E-state index in [0.717, 1.165) is 6.42 Å². The van der Waals surface area contributed by atoms with Gasteiger partial charge in [0.1, 0.15) is 0 Å². The van der Waals surface area contributed by atoms with Crippen molar-refractivity contribution in [1.29, 1.82) is 0 Å². The SMILES string of the molecule is COCCC(C)C(C)(O)CC(OC)OC. The first-order valence-corrected chi connectivity index (χ1v) is 5.24. The van der Waals surface area contributed by atoms with Gasteiger partial charge in [-0.05, 0) is 19.3 Å². The molecule has 0 heterocycles. The van der Waals surface area contributed by atoms with Crippen molar-refractivity contribution in [3.8, 4) is 0 Å². The van der Waals surface area contributed by atoms with E-state index in [0.29, 0.717) is 13.0 Å². The standard InChI is InChI=1S/C11H24O4/c1-9(6-7-13-3)11(2,12)8-10(14-4)15-5/h9-10,12H,6-8H2,1-5H3. The largest absolute Gasteiger partial charge is 0.390 e. The highest BCUT2D eigenvalue weighted by Crippen LogP contribution is 2.26. The average molecular weight is 220 g/mol. The summed E-state index contributed by atoms with van der Waals surface area (Å²) in [4.78, 5) is 0. The Labute approximate surface area is 92.5 Å². The van der Waals surface area contributed by atoms with E-state index in [-0.39, 0.29) is 12.2 Å². The Morgan fingerprint density at radius 3 is 2.13 bits per heavy atom. The summed E-state index contributed by atoms with van der Waals surface area (Å²) in [6.07, 6.45) is 0.930. The predicted octanol–water partition coefficient (Wildman–Crippen LogP) is 1.42. The minimum absolute atomic E-state index is 0.144. The van der Waals surface area contributed by atoms with Gasteiger partial charge in [-0.25, -0.2) is 0 Å². The molecule has 0 aromatic heterocycles. The maximum Gasteiger partial charge on any atom is 0.159 e. The predicted molar refractivity (Wildman–Crippen MR) is 58.7 cm³/mol. The highest BCUT2D eigenvalue weighted by atomic mass is 16.7. The van der Waals surface area contributed by atoms with Gasteiger partial charge in [0.25, 0.3) is 0 Å². The Morgan fingerprint density at radius 1 is 1.20 bits per heavy atom. The summed E-state index contributed by atoms with van der Waals surface area (Å²) in [7, 11) is 4.81. The minimum Gasteiger partial charge on any atom is -0.390 e. The number of methoxy groups -OCH3 is 3. The molecule has 4 nitrogen and oxygen atoms in total. The second-order valence-corrected chi connectivity index (χ2v) is 4.14. The molecule has 0 rings (SSSR count). The maximum atomic E-state index is 10.2. The maximum absolute atomic E-state index is 10.2. The zero-order valence-corrected chi connectivity index (χ0v) is 10.4. The number of hydrogen-bond acceptors (Lipinski definition) is 4. The van der Waals surface area contributed by atoms with Crippen molar-refractivity contribution in [2.45, 2.75) is 38.6 Å². The molecule has 0 aromatic carbocycles. The molecule has 2 atom stereocenters. The van der Waals surface area contributed by atoms with Crippen molar-refractivity contribution in [2.75, 3.05) is 27.9 Å². The molecule has 0 spiro atoms. The first-order chi connectivity index (χ1) is 6.97. The lowest BCUT2D eigenvalue weighted by Gasteiger charge is -2.32. The first-order valence-electron chi connectivity index (χ1n) is 5.24. The Morgan fingerprint density at radius 2 is 1.73 bits per heavy atom. The van der Waals surface area contributed by atoms with Crippen LogP contribution in [0.25, 0.3) is 0 Å². The van der Waals surface area contributed by atoms with Gasteiger partial charge in [0.2, 0.25) is 0 Å². The third kappa shape index (κ3) is 5.47. The van der Waals surface area contributed by atoms with Crippen LogP contribution in [0.4, 0.5) is 0 Å². The molecular formula is C11H24O4. The lowest BCUT2D eigenvalue weighted by molar-refractivity contribution is -0.151. The van der Waals surface area contributed by atoms with E-state index in [4.69, 9.17) is 14.2 Å². The van der Waals surface area contributed by atoms with E-state index in [1.807, 2.05) is 6.92 Å². The van der Waals surface area contributed by atoms with Gasteiger partial charge >= 0.3 is 0 Å². The Kier molecular flexibility index (Phi) is 7.09. The molecule has 1 N–H and O–H groups in total. The Hall–Kier alpha value is -0.160. The Bertz CT molecular complexity index is 155. The van der Waals surface area contributed by atoms with Crippen LogP contribution in [-0.2, 0) is 14.2 Å². The van der Waals surface area contributed by atoms with Crippen molar-refractivity contribution in [1.82, 2.24) is 0 Å². The zero-order valence-electron chi connectivity index (χ0n) is 10.4. The molecule has 0 aliphatic rings. The quantitative estimate of drug-likeness (QED) is 0.628. The molecule has 0 saturated carbocycles. The molecule has 0 amide bonds. The summed E-state index contributed by atoms with van der Waals surface area (Å²) in [6.45, 7) is 4.46. The van der Waals surface area contributed by atoms with Crippen LogP contribution in [0.5, 0.6) is 0 Å². The molecular weight excluding hydrogens is 196 g/mol. The van der Waals surface area contributed by atoms with Gasteiger partial charge < -0.3 is 19.3 Å². The van der Waals surface area contributed by atoms with Crippen molar-refractivity contribution < 1.29 is 19.3 Å². The second kappa shape index (κ2) is 7.17. The lowest BCUT2D eigenvalue weighted by Crippen LogP contribution is -2.38. The van der Waals surface area contributed by atoms with Crippen molar-refractivity contribution in [2.24, 2.45) is 5.92 Å². The Balaban J connectivity index is 4.12. The summed E-state index contributed by atoms with van der Waals surface area (Å²) in [5.74, 6) is 0.144. The number of aliphatic hydroxyl groups is 1. The third-order valence-electron chi connectivity index (χ3n) is 2.92. The zero-order chi connectivity index (χ0) is 11.9. The molecule has 92 valence electrons. The van der Waals surface area contributed by atoms with E-state index < -0.39 is 5.60 Å². The fourth-order valence-corrected chi connectivity index (χ4v) is 1.41. The number of ether oxygens (including phenoxy) is 3. The highest BCUT2D eigenvalue weighted by Gasteiger charge is 2.31. The smallest absolute Gasteiger partial charge is 0.159 e. The number of rotatable bonds is 8. The van der Waals surface area contributed by atoms with Gasteiger partial charge in [-0.2, -0.15) is 0 Å². The molecule has 0 aromatic rings. The molecule has 15 heavy (non-hydrogen) atoms. The van der Waals surface area contributed by atoms with Gasteiger partial charge in [0, 0.05) is 34.4 Å². The van der Waals surface area contributed by atoms with Crippen LogP contribution in [0.2, 0.25) is 0 Å². The fraction of sp³-hybridized carbons (Fsp3) is 1.00. The average Bonchev–Trinajstić information content (AvgIpc) is 2.22. The normalized spacial score (nSPS) is 17.8. The second-order valence-electron chi connectivity index (χ2n) is 4.14. The van der Waals surface area contributed by atoms with E-state index >= 15 is 0 Å². The summed E-state index contributed by atoms with van der Waals surface area (Å²) in [5.41, 5.74) is -0.796. The van der Waals surface area contributed by atoms with Crippen LogP contribution in [0.3, 0.4) is 0 Å². The molecule has 0 radical (unpaired) electrons. The minimum atomic E-state index is -0.796. The van der Waals surface area contributed by atoms with Gasteiger partial charge in [-0.1, -0.05) is 6.92 Å². The summed E-state index contributed by atoms with van der Waals surface area (Å²) >= 11 is 0. The lowest BCUT2D eigenvalue weighted by atomic mass is 9.85. The van der Waals surface area contributed by atoms with E-state index in [2.05, 4.69) is 0 Å². The van der Waals surface area contributed by atoms with E-state index in [1.54, 1.807) is 28.3 Å². The van der Waals surface area contributed by atoms with Crippen molar-refractivity contribution >= 4 is 0 Å². The molecule has 2 unspecified atom stereocenters. The fourth-order valence-electron chi connectivity index (χ4n) is 1.41. The van der Waals surface area contributed by atoms with Crippen LogP contribution in [0, 0.1) is 5.92 Å². The summed E-state index contributed by atoms with van der Waals surface area (Å²) < 4.78 is 15.1. The highest BCUT2D eigenvalue weighted by molar-refractivity contribution is 4.80. The van der Waals surface area contributed by atoms with E-state index in [9.17, 15) is 5.11 Å². The molecule has 4 heteroatoms. The monoisotopic (exact) mass is 220 g/mol. The summed E-state index contributed by atoms with van der Waals surface area (Å²) in [5, 5.41) is 10.2. The molecule has 0 bridgehead atoms.